The number of carbonyl (C=O) groups is 1. The van der Waals surface area contributed by atoms with Crippen LogP contribution in [0.2, 0.25) is 0 Å². The van der Waals surface area contributed by atoms with Gasteiger partial charge in [-0.2, -0.15) is 5.10 Å². The Morgan fingerprint density at radius 2 is 2.04 bits per heavy atom. The normalized spacial score (nSPS) is 11.0. The summed E-state index contributed by atoms with van der Waals surface area (Å²) in [5.41, 5.74) is 1.82. The summed E-state index contributed by atoms with van der Waals surface area (Å²) in [5, 5.41) is 9.47. The minimum atomic E-state index is -0.322. The second-order valence-corrected chi connectivity index (χ2v) is 7.17. The zero-order valence-electron chi connectivity index (χ0n) is 14.2. The van der Waals surface area contributed by atoms with E-state index in [1.807, 2.05) is 17.5 Å². The van der Waals surface area contributed by atoms with Crippen molar-refractivity contribution >= 4 is 17.2 Å². The molecule has 3 aromatic rings. The topological polar surface area (TPSA) is 46.9 Å². The van der Waals surface area contributed by atoms with Crippen LogP contribution in [-0.4, -0.2) is 22.2 Å². The fourth-order valence-corrected chi connectivity index (χ4v) is 3.11. The highest BCUT2D eigenvalue weighted by molar-refractivity contribution is 7.13. The monoisotopic (exact) mass is 357 g/mol. The molecule has 6 heteroatoms. The Bertz CT molecular complexity index is 838. The summed E-state index contributed by atoms with van der Waals surface area (Å²) in [6.07, 6.45) is 0.911. The standard InChI is InChI=1S/C19H20FN3OS/c1-13(2)9-10-21-19(24)17-12-16(18-4-3-11-25-18)22-23(17)15-7-5-14(20)6-8-15/h3-8,11-13H,9-10H2,1-2H3,(H,21,24). The van der Waals surface area contributed by atoms with E-state index in [0.717, 1.165) is 17.0 Å². The van der Waals surface area contributed by atoms with E-state index in [-0.39, 0.29) is 11.7 Å². The molecule has 2 aromatic heterocycles. The lowest BCUT2D eigenvalue weighted by atomic mass is 10.1. The molecule has 0 aliphatic rings. The Hall–Kier alpha value is -2.47. The van der Waals surface area contributed by atoms with Crippen molar-refractivity contribution in [1.82, 2.24) is 15.1 Å². The summed E-state index contributed by atoms with van der Waals surface area (Å²) in [5.74, 6) is 0.0154. The first-order valence-electron chi connectivity index (χ1n) is 8.22. The summed E-state index contributed by atoms with van der Waals surface area (Å²) in [7, 11) is 0. The van der Waals surface area contributed by atoms with Crippen LogP contribution in [0.4, 0.5) is 4.39 Å². The minimum Gasteiger partial charge on any atom is -0.351 e. The lowest BCUT2D eigenvalue weighted by Gasteiger charge is -2.09. The van der Waals surface area contributed by atoms with Gasteiger partial charge in [0.15, 0.2) is 0 Å². The lowest BCUT2D eigenvalue weighted by Crippen LogP contribution is -2.27. The second-order valence-electron chi connectivity index (χ2n) is 6.22. The van der Waals surface area contributed by atoms with Crippen LogP contribution < -0.4 is 5.32 Å². The van der Waals surface area contributed by atoms with Crippen molar-refractivity contribution in [2.75, 3.05) is 6.54 Å². The number of hydrogen-bond acceptors (Lipinski definition) is 3. The SMILES string of the molecule is CC(C)CCNC(=O)c1cc(-c2cccs2)nn1-c1ccc(F)cc1. The molecule has 0 saturated heterocycles. The van der Waals surface area contributed by atoms with E-state index >= 15 is 0 Å². The van der Waals surface area contributed by atoms with Crippen molar-refractivity contribution in [3.05, 3.63) is 59.4 Å². The number of amides is 1. The highest BCUT2D eigenvalue weighted by Crippen LogP contribution is 2.26. The second kappa shape index (κ2) is 7.61. The fourth-order valence-electron chi connectivity index (χ4n) is 2.43. The fraction of sp³-hybridized carbons (Fsp3) is 0.263. The Kier molecular flexibility index (Phi) is 5.28. The summed E-state index contributed by atoms with van der Waals surface area (Å²) in [6.45, 7) is 4.84. The van der Waals surface area contributed by atoms with Crippen molar-refractivity contribution in [2.24, 2.45) is 5.92 Å². The number of nitrogens with one attached hydrogen (secondary N) is 1. The quantitative estimate of drug-likeness (QED) is 0.705. The maximum Gasteiger partial charge on any atom is 0.270 e. The van der Waals surface area contributed by atoms with Gasteiger partial charge in [-0.05, 0) is 54.1 Å². The average molecular weight is 357 g/mol. The molecule has 1 N–H and O–H groups in total. The molecule has 0 aliphatic heterocycles. The smallest absolute Gasteiger partial charge is 0.270 e. The van der Waals surface area contributed by atoms with E-state index in [1.165, 1.54) is 12.1 Å². The molecule has 0 radical (unpaired) electrons. The lowest BCUT2D eigenvalue weighted by molar-refractivity contribution is 0.0944. The van der Waals surface area contributed by atoms with Gasteiger partial charge >= 0.3 is 0 Å². The predicted molar refractivity (Wildman–Crippen MR) is 98.6 cm³/mol. The molecule has 1 amide bonds. The van der Waals surface area contributed by atoms with Gasteiger partial charge in [0.25, 0.3) is 5.91 Å². The highest BCUT2D eigenvalue weighted by atomic mass is 32.1. The first kappa shape index (κ1) is 17.4. The van der Waals surface area contributed by atoms with E-state index in [2.05, 4.69) is 24.3 Å². The van der Waals surface area contributed by atoms with Gasteiger partial charge < -0.3 is 5.32 Å². The van der Waals surface area contributed by atoms with E-state index in [0.29, 0.717) is 23.8 Å². The van der Waals surface area contributed by atoms with Gasteiger partial charge in [-0.1, -0.05) is 19.9 Å². The molecular formula is C19H20FN3OS. The van der Waals surface area contributed by atoms with Crippen LogP contribution in [0.25, 0.3) is 16.3 Å². The molecule has 2 heterocycles. The number of thiophene rings is 1. The van der Waals surface area contributed by atoms with Gasteiger partial charge in [0.1, 0.15) is 17.2 Å². The van der Waals surface area contributed by atoms with Crippen LogP contribution in [0.1, 0.15) is 30.8 Å². The van der Waals surface area contributed by atoms with Gasteiger partial charge in [-0.15, -0.1) is 11.3 Å². The Morgan fingerprint density at radius 1 is 1.28 bits per heavy atom. The van der Waals surface area contributed by atoms with Gasteiger partial charge in [0.05, 0.1) is 10.6 Å². The van der Waals surface area contributed by atoms with Crippen molar-refractivity contribution in [3.63, 3.8) is 0 Å². The van der Waals surface area contributed by atoms with E-state index in [1.54, 1.807) is 34.2 Å². The largest absolute Gasteiger partial charge is 0.351 e. The summed E-state index contributed by atoms with van der Waals surface area (Å²) in [6, 6.07) is 11.6. The molecule has 4 nitrogen and oxygen atoms in total. The third-order valence-corrected chi connectivity index (χ3v) is 4.69. The van der Waals surface area contributed by atoms with E-state index < -0.39 is 0 Å². The van der Waals surface area contributed by atoms with Gasteiger partial charge in [-0.3, -0.25) is 4.79 Å². The molecule has 130 valence electrons. The van der Waals surface area contributed by atoms with Crippen molar-refractivity contribution in [1.29, 1.82) is 0 Å². The van der Waals surface area contributed by atoms with Crippen LogP contribution >= 0.6 is 11.3 Å². The van der Waals surface area contributed by atoms with Gasteiger partial charge in [0, 0.05) is 6.54 Å². The number of benzene rings is 1. The number of nitrogens with zero attached hydrogens (tertiary/aromatic N) is 2. The molecule has 1 aromatic carbocycles. The first-order valence-corrected chi connectivity index (χ1v) is 9.10. The number of rotatable bonds is 6. The van der Waals surface area contributed by atoms with Crippen LogP contribution in [0.5, 0.6) is 0 Å². The molecule has 0 saturated carbocycles. The molecule has 3 rings (SSSR count). The number of aromatic nitrogens is 2. The van der Waals surface area contributed by atoms with E-state index in [9.17, 15) is 9.18 Å². The highest BCUT2D eigenvalue weighted by Gasteiger charge is 2.18. The molecule has 0 spiro atoms. The van der Waals surface area contributed by atoms with Crippen LogP contribution in [0.3, 0.4) is 0 Å². The molecule has 0 bridgehead atoms. The molecule has 0 fully saturated rings. The van der Waals surface area contributed by atoms with E-state index in [4.69, 9.17) is 0 Å². The average Bonchev–Trinajstić information content (AvgIpc) is 3.24. The molecule has 0 atom stereocenters. The zero-order valence-corrected chi connectivity index (χ0v) is 15.0. The van der Waals surface area contributed by atoms with Gasteiger partial charge in [0.2, 0.25) is 0 Å². The van der Waals surface area contributed by atoms with Crippen LogP contribution in [0.15, 0.2) is 47.8 Å². The Labute approximate surface area is 150 Å². The van der Waals surface area contributed by atoms with Crippen molar-refractivity contribution < 1.29 is 9.18 Å². The Balaban J connectivity index is 1.94. The summed E-state index contributed by atoms with van der Waals surface area (Å²) >= 11 is 1.56. The Morgan fingerprint density at radius 3 is 2.68 bits per heavy atom. The zero-order chi connectivity index (χ0) is 17.8. The van der Waals surface area contributed by atoms with Gasteiger partial charge in [-0.25, -0.2) is 9.07 Å². The first-order chi connectivity index (χ1) is 12.0. The van der Waals surface area contributed by atoms with Crippen molar-refractivity contribution in [2.45, 2.75) is 20.3 Å². The summed E-state index contributed by atoms with van der Waals surface area (Å²) < 4.78 is 14.8. The third-order valence-electron chi connectivity index (χ3n) is 3.79. The predicted octanol–water partition coefficient (Wildman–Crippen LogP) is 4.52. The third kappa shape index (κ3) is 4.14. The number of carbonyl (C=O) groups excluding carboxylic acids is 1. The number of halogens is 1. The molecular weight excluding hydrogens is 337 g/mol. The number of hydrogen-bond donors (Lipinski definition) is 1. The maximum atomic E-state index is 13.2. The van der Waals surface area contributed by atoms with Crippen molar-refractivity contribution in [3.8, 4) is 16.3 Å². The summed E-state index contributed by atoms with van der Waals surface area (Å²) in [4.78, 5) is 13.6. The molecule has 0 aliphatic carbocycles. The van der Waals surface area contributed by atoms with Crippen LogP contribution in [0, 0.1) is 11.7 Å². The molecule has 25 heavy (non-hydrogen) atoms. The molecule has 0 unspecified atom stereocenters. The minimum absolute atomic E-state index is 0.180. The van der Waals surface area contributed by atoms with Crippen LogP contribution in [-0.2, 0) is 0 Å². The maximum absolute atomic E-state index is 13.2.